The summed E-state index contributed by atoms with van der Waals surface area (Å²) in [4.78, 5) is 35.0. The molecule has 7 nitrogen and oxygen atoms in total. The van der Waals surface area contributed by atoms with E-state index in [2.05, 4.69) is 10.6 Å². The molecule has 0 aliphatic rings. The summed E-state index contributed by atoms with van der Waals surface area (Å²) in [6.45, 7) is 4.91. The van der Waals surface area contributed by atoms with Crippen molar-refractivity contribution < 1.29 is 14.5 Å². The molecule has 28 heavy (non-hydrogen) atoms. The molecule has 0 radical (unpaired) electrons. The summed E-state index contributed by atoms with van der Waals surface area (Å²) in [5.74, 6) is -0.723. The van der Waals surface area contributed by atoms with Crippen LogP contribution in [-0.4, -0.2) is 16.7 Å². The highest BCUT2D eigenvalue weighted by Crippen LogP contribution is 2.28. The van der Waals surface area contributed by atoms with E-state index in [1.54, 1.807) is 38.1 Å². The monoisotopic (exact) mass is 401 g/mol. The van der Waals surface area contributed by atoms with Gasteiger partial charge < -0.3 is 10.6 Å². The lowest BCUT2D eigenvalue weighted by Gasteiger charge is -2.23. The summed E-state index contributed by atoms with van der Waals surface area (Å²) >= 11 is 6.08. The van der Waals surface area contributed by atoms with Crippen LogP contribution in [0.25, 0.3) is 0 Å². The number of nitro benzene ring substituents is 1. The van der Waals surface area contributed by atoms with Crippen LogP contribution in [0.1, 0.15) is 32.4 Å². The standard InChI is InChI=1S/C20H20ClN3O4/c1-12(2)18(19(22-13(3)25)14-5-4-6-15(21)11-14)20(26)23-16-7-9-17(10-8-16)24(27)28/h4-11,19H,1-3H3,(H,22,25)(H,23,26). The average Bonchev–Trinajstić information content (AvgIpc) is 2.61. The van der Waals surface area contributed by atoms with Crippen LogP contribution < -0.4 is 10.6 Å². The Labute approximate surface area is 167 Å². The third-order valence-corrected chi connectivity index (χ3v) is 4.17. The molecule has 8 heteroatoms. The summed E-state index contributed by atoms with van der Waals surface area (Å²) in [6.07, 6.45) is 0. The molecule has 0 saturated heterocycles. The van der Waals surface area contributed by atoms with E-state index in [4.69, 9.17) is 11.6 Å². The zero-order chi connectivity index (χ0) is 20.8. The second kappa shape index (κ2) is 9.14. The van der Waals surface area contributed by atoms with Crippen LogP contribution in [0.3, 0.4) is 0 Å². The number of amides is 2. The molecular weight excluding hydrogens is 382 g/mol. The number of hydrogen-bond donors (Lipinski definition) is 2. The van der Waals surface area contributed by atoms with Gasteiger partial charge in [0.15, 0.2) is 0 Å². The number of nitro groups is 1. The number of anilines is 1. The average molecular weight is 402 g/mol. The molecule has 0 saturated carbocycles. The van der Waals surface area contributed by atoms with Crippen molar-refractivity contribution in [3.05, 3.63) is 80.4 Å². The Morgan fingerprint density at radius 3 is 2.21 bits per heavy atom. The van der Waals surface area contributed by atoms with E-state index in [0.717, 1.165) is 0 Å². The minimum absolute atomic E-state index is 0.0736. The molecule has 2 aromatic carbocycles. The molecule has 0 aliphatic carbocycles. The smallest absolute Gasteiger partial charge is 0.269 e. The molecule has 1 unspecified atom stereocenters. The van der Waals surface area contributed by atoms with E-state index in [1.165, 1.54) is 31.2 Å². The van der Waals surface area contributed by atoms with Crippen LogP contribution in [0.2, 0.25) is 5.02 Å². The zero-order valence-electron chi connectivity index (χ0n) is 15.7. The van der Waals surface area contributed by atoms with Crippen molar-refractivity contribution in [3.8, 4) is 0 Å². The van der Waals surface area contributed by atoms with Gasteiger partial charge in [-0.05, 0) is 43.7 Å². The molecule has 2 N–H and O–H groups in total. The van der Waals surface area contributed by atoms with Crippen molar-refractivity contribution in [1.82, 2.24) is 5.32 Å². The molecule has 0 spiro atoms. The maximum Gasteiger partial charge on any atom is 0.269 e. The highest BCUT2D eigenvalue weighted by atomic mass is 35.5. The molecule has 1 atom stereocenters. The van der Waals surface area contributed by atoms with Crippen molar-refractivity contribution in [2.45, 2.75) is 26.8 Å². The molecular formula is C20H20ClN3O4. The predicted octanol–water partition coefficient (Wildman–Crippen LogP) is 4.40. The summed E-state index contributed by atoms with van der Waals surface area (Å²) < 4.78 is 0. The Hall–Kier alpha value is -3.19. The lowest BCUT2D eigenvalue weighted by Crippen LogP contribution is -2.32. The van der Waals surface area contributed by atoms with Crippen molar-refractivity contribution in [3.63, 3.8) is 0 Å². The first-order valence-corrected chi connectivity index (χ1v) is 8.82. The maximum absolute atomic E-state index is 13.0. The minimum Gasteiger partial charge on any atom is -0.345 e. The van der Waals surface area contributed by atoms with Crippen LogP contribution in [0.5, 0.6) is 0 Å². The van der Waals surface area contributed by atoms with Gasteiger partial charge in [0.25, 0.3) is 11.6 Å². The number of benzene rings is 2. The summed E-state index contributed by atoms with van der Waals surface area (Å²) in [5, 5.41) is 16.8. The Balaban J connectivity index is 2.37. The lowest BCUT2D eigenvalue weighted by atomic mass is 9.94. The zero-order valence-corrected chi connectivity index (χ0v) is 16.4. The lowest BCUT2D eigenvalue weighted by molar-refractivity contribution is -0.384. The van der Waals surface area contributed by atoms with Gasteiger partial charge in [0.1, 0.15) is 0 Å². The van der Waals surface area contributed by atoms with Gasteiger partial charge in [0.05, 0.1) is 11.0 Å². The first-order valence-electron chi connectivity index (χ1n) is 8.44. The van der Waals surface area contributed by atoms with Gasteiger partial charge in [-0.25, -0.2) is 0 Å². The number of non-ortho nitro benzene ring substituents is 1. The number of allylic oxidation sites excluding steroid dienone is 1. The number of nitrogens with zero attached hydrogens (tertiary/aromatic N) is 1. The fourth-order valence-electron chi connectivity index (χ4n) is 2.72. The van der Waals surface area contributed by atoms with Gasteiger partial charge >= 0.3 is 0 Å². The van der Waals surface area contributed by atoms with Gasteiger partial charge in [-0.1, -0.05) is 29.3 Å². The second-order valence-electron chi connectivity index (χ2n) is 6.36. The fourth-order valence-corrected chi connectivity index (χ4v) is 2.92. The van der Waals surface area contributed by atoms with Crippen LogP contribution in [0.15, 0.2) is 59.7 Å². The summed E-state index contributed by atoms with van der Waals surface area (Å²) in [6, 6.07) is 11.7. The Kier molecular flexibility index (Phi) is 6.89. The van der Waals surface area contributed by atoms with E-state index >= 15 is 0 Å². The van der Waals surface area contributed by atoms with E-state index in [0.29, 0.717) is 27.4 Å². The van der Waals surface area contributed by atoms with E-state index in [1.807, 2.05) is 0 Å². The maximum atomic E-state index is 13.0. The number of nitrogens with one attached hydrogen (secondary N) is 2. The highest BCUT2D eigenvalue weighted by molar-refractivity contribution is 6.30. The van der Waals surface area contributed by atoms with Gasteiger partial charge in [0.2, 0.25) is 5.91 Å². The van der Waals surface area contributed by atoms with Gasteiger partial charge in [-0.15, -0.1) is 0 Å². The first-order chi connectivity index (χ1) is 13.2. The molecule has 0 bridgehead atoms. The third-order valence-electron chi connectivity index (χ3n) is 3.94. The molecule has 0 aromatic heterocycles. The first kappa shape index (κ1) is 21.1. The van der Waals surface area contributed by atoms with E-state index in [9.17, 15) is 19.7 Å². The van der Waals surface area contributed by atoms with Gasteiger partial charge in [-0.2, -0.15) is 0 Å². The molecule has 0 fully saturated rings. The molecule has 2 amide bonds. The van der Waals surface area contributed by atoms with E-state index < -0.39 is 16.9 Å². The third kappa shape index (κ3) is 5.40. The predicted molar refractivity (Wildman–Crippen MR) is 108 cm³/mol. The topological polar surface area (TPSA) is 101 Å². The number of rotatable bonds is 6. The van der Waals surface area contributed by atoms with Crippen LogP contribution in [0.4, 0.5) is 11.4 Å². The Morgan fingerprint density at radius 1 is 1.07 bits per heavy atom. The largest absolute Gasteiger partial charge is 0.345 e. The minimum atomic E-state index is -0.695. The summed E-state index contributed by atoms with van der Waals surface area (Å²) in [7, 11) is 0. The van der Waals surface area contributed by atoms with Crippen molar-refractivity contribution in [1.29, 1.82) is 0 Å². The number of hydrogen-bond acceptors (Lipinski definition) is 4. The van der Waals surface area contributed by atoms with Crippen molar-refractivity contribution >= 4 is 34.8 Å². The number of carbonyl (C=O) groups excluding carboxylic acids is 2. The Morgan fingerprint density at radius 2 is 1.71 bits per heavy atom. The molecule has 146 valence electrons. The van der Waals surface area contributed by atoms with Crippen molar-refractivity contribution in [2.75, 3.05) is 5.32 Å². The van der Waals surface area contributed by atoms with Gasteiger partial charge in [-0.3, -0.25) is 19.7 Å². The normalized spacial score (nSPS) is 11.3. The van der Waals surface area contributed by atoms with Gasteiger partial charge in [0, 0.05) is 35.3 Å². The fraction of sp³-hybridized carbons (Fsp3) is 0.200. The Bertz CT molecular complexity index is 935. The van der Waals surface area contributed by atoms with Crippen LogP contribution in [0, 0.1) is 10.1 Å². The molecule has 0 aliphatic heterocycles. The molecule has 0 heterocycles. The van der Waals surface area contributed by atoms with Crippen molar-refractivity contribution in [2.24, 2.45) is 0 Å². The highest BCUT2D eigenvalue weighted by Gasteiger charge is 2.25. The molecule has 2 aromatic rings. The summed E-state index contributed by atoms with van der Waals surface area (Å²) in [5.41, 5.74) is 2.06. The number of carbonyl (C=O) groups is 2. The quantitative estimate of drug-likeness (QED) is 0.425. The van der Waals surface area contributed by atoms with E-state index in [-0.39, 0.29) is 11.6 Å². The van der Waals surface area contributed by atoms with Crippen LogP contribution in [-0.2, 0) is 9.59 Å². The SMILES string of the molecule is CC(=O)NC(C(C(=O)Nc1ccc([N+](=O)[O-])cc1)=C(C)C)c1cccc(Cl)c1. The van der Waals surface area contributed by atoms with Crippen LogP contribution >= 0.6 is 11.6 Å². The number of halogens is 1. The molecule has 2 rings (SSSR count). The second-order valence-corrected chi connectivity index (χ2v) is 6.80.